The third-order valence-electron chi connectivity index (χ3n) is 3.05. The second-order valence-corrected chi connectivity index (χ2v) is 4.99. The van der Waals surface area contributed by atoms with E-state index in [2.05, 4.69) is 15.8 Å². The molecule has 0 saturated carbocycles. The summed E-state index contributed by atoms with van der Waals surface area (Å²) in [5, 5.41) is 21.0. The fourth-order valence-electron chi connectivity index (χ4n) is 1.80. The smallest absolute Gasteiger partial charge is 0.277 e. The van der Waals surface area contributed by atoms with E-state index >= 15 is 0 Å². The third kappa shape index (κ3) is 5.03. The zero-order valence-corrected chi connectivity index (χ0v) is 12.7. The Bertz CT molecular complexity index is 646. The van der Waals surface area contributed by atoms with Crippen LogP contribution in [0.4, 0.5) is 11.4 Å². The van der Waals surface area contributed by atoms with Crippen LogP contribution in [0.25, 0.3) is 0 Å². The van der Waals surface area contributed by atoms with Crippen molar-refractivity contribution in [2.24, 2.45) is 0 Å². The number of hydrogen-bond acceptors (Lipinski definition) is 6. The van der Waals surface area contributed by atoms with Crippen LogP contribution in [-0.2, 0) is 4.84 Å². The molecule has 0 aliphatic rings. The molecule has 1 aromatic carbocycles. The average Bonchev–Trinajstić information content (AvgIpc) is 2.57. The van der Waals surface area contributed by atoms with Gasteiger partial charge in [-0.05, 0) is 25.1 Å². The minimum Gasteiger partial charge on any atom is -0.394 e. The lowest BCUT2D eigenvalue weighted by Crippen LogP contribution is -2.30. The number of anilines is 2. The van der Waals surface area contributed by atoms with E-state index in [-0.39, 0.29) is 6.61 Å². The van der Waals surface area contributed by atoms with Crippen LogP contribution in [-0.4, -0.2) is 40.4 Å². The summed E-state index contributed by atoms with van der Waals surface area (Å²) in [6, 6.07) is 9.27. The Balaban J connectivity index is 2.04. The van der Waals surface area contributed by atoms with Gasteiger partial charge in [-0.25, -0.2) is 5.48 Å². The molecule has 0 saturated heterocycles. The van der Waals surface area contributed by atoms with E-state index in [0.717, 1.165) is 11.3 Å². The molecule has 7 nitrogen and oxygen atoms in total. The summed E-state index contributed by atoms with van der Waals surface area (Å²) in [6.45, 7) is 1.35. The average molecular weight is 317 g/mol. The molecule has 0 aliphatic carbocycles. The van der Waals surface area contributed by atoms with Gasteiger partial charge in [0.05, 0.1) is 24.1 Å². The minimum atomic E-state index is -1.04. The molecule has 122 valence electrons. The fourth-order valence-corrected chi connectivity index (χ4v) is 1.80. The van der Waals surface area contributed by atoms with Crippen molar-refractivity contribution in [1.82, 2.24) is 10.5 Å². The van der Waals surface area contributed by atoms with Crippen LogP contribution in [0, 0.1) is 6.92 Å². The Labute approximate surface area is 133 Å². The topological polar surface area (TPSA) is 104 Å². The van der Waals surface area contributed by atoms with Gasteiger partial charge in [0.1, 0.15) is 12.7 Å². The molecule has 7 heteroatoms. The standard InChI is InChI=1S/C16H19N3O4/c1-11-2-4-12(5-3-11)18-15-8-17-7-6-14(15)16(22)19-23-10-13(21)9-20/h2-8,13,18,20-21H,9-10H2,1H3,(H,19,22)/t13-/m1/s1. The third-order valence-corrected chi connectivity index (χ3v) is 3.05. The van der Waals surface area contributed by atoms with E-state index in [4.69, 9.17) is 15.1 Å². The number of rotatable bonds is 7. The molecule has 1 atom stereocenters. The Morgan fingerprint density at radius 3 is 2.74 bits per heavy atom. The van der Waals surface area contributed by atoms with Crippen LogP contribution in [0.3, 0.4) is 0 Å². The Kier molecular flexibility index (Phi) is 6.04. The number of amides is 1. The van der Waals surface area contributed by atoms with Gasteiger partial charge in [0.15, 0.2) is 0 Å². The molecule has 0 unspecified atom stereocenters. The van der Waals surface area contributed by atoms with Crippen LogP contribution < -0.4 is 10.8 Å². The fraction of sp³-hybridized carbons (Fsp3) is 0.250. The number of hydroxylamine groups is 1. The quantitative estimate of drug-likeness (QED) is 0.571. The summed E-state index contributed by atoms with van der Waals surface area (Å²) in [4.78, 5) is 21.0. The summed E-state index contributed by atoms with van der Waals surface area (Å²) < 4.78 is 0. The molecule has 23 heavy (non-hydrogen) atoms. The zero-order chi connectivity index (χ0) is 16.7. The van der Waals surface area contributed by atoms with Gasteiger partial charge >= 0.3 is 0 Å². The summed E-state index contributed by atoms with van der Waals surface area (Å²) in [5.74, 6) is -0.479. The van der Waals surface area contributed by atoms with E-state index in [9.17, 15) is 4.79 Å². The summed E-state index contributed by atoms with van der Waals surface area (Å²) >= 11 is 0. The molecule has 2 aromatic rings. The number of pyridine rings is 1. The van der Waals surface area contributed by atoms with Crippen molar-refractivity contribution in [1.29, 1.82) is 0 Å². The molecule has 0 radical (unpaired) electrons. The monoisotopic (exact) mass is 317 g/mol. The normalized spacial score (nSPS) is 11.8. The zero-order valence-electron chi connectivity index (χ0n) is 12.7. The molecule has 1 amide bonds. The van der Waals surface area contributed by atoms with Crippen molar-refractivity contribution in [2.45, 2.75) is 13.0 Å². The highest BCUT2D eigenvalue weighted by Crippen LogP contribution is 2.20. The van der Waals surface area contributed by atoms with Crippen molar-refractivity contribution in [2.75, 3.05) is 18.5 Å². The molecular formula is C16H19N3O4. The van der Waals surface area contributed by atoms with Crippen LogP contribution in [0.15, 0.2) is 42.7 Å². The van der Waals surface area contributed by atoms with Crippen LogP contribution >= 0.6 is 0 Å². The second kappa shape index (κ2) is 8.23. The first-order chi connectivity index (χ1) is 11.1. The first kappa shape index (κ1) is 16.9. The maximum absolute atomic E-state index is 12.1. The lowest BCUT2D eigenvalue weighted by Gasteiger charge is -2.13. The highest BCUT2D eigenvalue weighted by molar-refractivity contribution is 5.99. The van der Waals surface area contributed by atoms with E-state index in [1.807, 2.05) is 31.2 Å². The lowest BCUT2D eigenvalue weighted by molar-refractivity contribution is -0.0295. The van der Waals surface area contributed by atoms with Crippen molar-refractivity contribution < 1.29 is 19.8 Å². The van der Waals surface area contributed by atoms with E-state index in [1.54, 1.807) is 6.07 Å². The van der Waals surface area contributed by atoms with Crippen LogP contribution in [0.1, 0.15) is 15.9 Å². The van der Waals surface area contributed by atoms with Gasteiger partial charge in [-0.3, -0.25) is 14.6 Å². The lowest BCUT2D eigenvalue weighted by atomic mass is 10.2. The maximum Gasteiger partial charge on any atom is 0.277 e. The number of benzene rings is 1. The number of aliphatic hydroxyl groups excluding tert-OH is 2. The van der Waals surface area contributed by atoms with Gasteiger partial charge in [-0.1, -0.05) is 17.7 Å². The SMILES string of the molecule is Cc1ccc(Nc2cnccc2C(=O)NOC[C@H](O)CO)cc1. The van der Waals surface area contributed by atoms with Gasteiger partial charge in [0.2, 0.25) is 0 Å². The largest absolute Gasteiger partial charge is 0.394 e. The molecule has 0 bridgehead atoms. The van der Waals surface area contributed by atoms with Gasteiger partial charge in [0, 0.05) is 11.9 Å². The Morgan fingerprint density at radius 1 is 1.30 bits per heavy atom. The molecule has 4 N–H and O–H groups in total. The summed E-state index contributed by atoms with van der Waals surface area (Å²) in [5.41, 5.74) is 5.06. The van der Waals surface area contributed by atoms with Crippen LogP contribution in [0.2, 0.25) is 0 Å². The predicted molar refractivity (Wildman–Crippen MR) is 85.2 cm³/mol. The number of carbonyl (C=O) groups excluding carboxylic acids is 1. The van der Waals surface area contributed by atoms with Gasteiger partial charge in [0.25, 0.3) is 5.91 Å². The highest BCUT2D eigenvalue weighted by atomic mass is 16.7. The Hall–Kier alpha value is -2.48. The molecule has 0 spiro atoms. The predicted octanol–water partition coefficient (Wildman–Crippen LogP) is 1.15. The van der Waals surface area contributed by atoms with Gasteiger partial charge in [-0.15, -0.1) is 0 Å². The van der Waals surface area contributed by atoms with E-state index in [0.29, 0.717) is 11.3 Å². The van der Waals surface area contributed by atoms with Crippen molar-refractivity contribution >= 4 is 17.3 Å². The summed E-state index contributed by atoms with van der Waals surface area (Å²) in [7, 11) is 0. The Morgan fingerprint density at radius 2 is 2.04 bits per heavy atom. The summed E-state index contributed by atoms with van der Waals surface area (Å²) in [6.07, 6.45) is 1.99. The number of hydrogen-bond donors (Lipinski definition) is 4. The second-order valence-electron chi connectivity index (χ2n) is 4.99. The van der Waals surface area contributed by atoms with E-state index in [1.165, 1.54) is 12.4 Å². The minimum absolute atomic E-state index is 0.200. The van der Waals surface area contributed by atoms with Crippen LogP contribution in [0.5, 0.6) is 0 Å². The maximum atomic E-state index is 12.1. The van der Waals surface area contributed by atoms with Crippen molar-refractivity contribution in [3.05, 3.63) is 53.9 Å². The van der Waals surface area contributed by atoms with Gasteiger partial charge < -0.3 is 15.5 Å². The highest BCUT2D eigenvalue weighted by Gasteiger charge is 2.12. The van der Waals surface area contributed by atoms with Crippen molar-refractivity contribution in [3.8, 4) is 0 Å². The molecule has 1 heterocycles. The first-order valence-electron chi connectivity index (χ1n) is 7.09. The number of aryl methyl sites for hydroxylation is 1. The van der Waals surface area contributed by atoms with E-state index < -0.39 is 18.6 Å². The number of nitrogens with one attached hydrogen (secondary N) is 2. The molecule has 2 rings (SSSR count). The molecule has 0 aliphatic heterocycles. The van der Waals surface area contributed by atoms with Gasteiger partial charge in [-0.2, -0.15) is 0 Å². The number of aliphatic hydroxyl groups is 2. The van der Waals surface area contributed by atoms with Crippen molar-refractivity contribution in [3.63, 3.8) is 0 Å². The number of nitrogens with zero attached hydrogens (tertiary/aromatic N) is 1. The molecule has 0 fully saturated rings. The number of aromatic nitrogens is 1. The molecule has 1 aromatic heterocycles. The molecular weight excluding hydrogens is 298 g/mol. The number of carbonyl (C=O) groups is 1. The first-order valence-corrected chi connectivity index (χ1v) is 7.09.